The van der Waals surface area contributed by atoms with Gasteiger partial charge in [0, 0.05) is 19.0 Å². The molecule has 2 unspecified atom stereocenters. The molecule has 0 aromatic heterocycles. The predicted molar refractivity (Wildman–Crippen MR) is 80.4 cm³/mol. The minimum Gasteiger partial charge on any atom is -0.490 e. The van der Waals surface area contributed by atoms with Crippen molar-refractivity contribution in [3.63, 3.8) is 0 Å². The molecular weight excluding hydrogens is 266 g/mol. The molecule has 3 rings (SSSR count). The van der Waals surface area contributed by atoms with Gasteiger partial charge in [-0.25, -0.2) is 0 Å². The van der Waals surface area contributed by atoms with Gasteiger partial charge in [-0.1, -0.05) is 12.1 Å². The molecule has 1 aliphatic heterocycles. The SMILES string of the molecule is CC(O)C1CCN(C(=O)c2ccccc2OC2CCC2)C1. The number of amides is 1. The van der Waals surface area contributed by atoms with E-state index in [2.05, 4.69) is 0 Å². The summed E-state index contributed by atoms with van der Waals surface area (Å²) in [5.74, 6) is 0.912. The molecular formula is C17H23NO3. The Balaban J connectivity index is 1.72. The van der Waals surface area contributed by atoms with Crippen LogP contribution in [0.25, 0.3) is 0 Å². The minimum atomic E-state index is -0.357. The Morgan fingerprint density at radius 1 is 1.33 bits per heavy atom. The van der Waals surface area contributed by atoms with Crippen molar-refractivity contribution in [3.8, 4) is 5.75 Å². The lowest BCUT2D eigenvalue weighted by Gasteiger charge is -2.28. The number of ether oxygens (including phenoxy) is 1. The molecule has 1 aliphatic carbocycles. The van der Waals surface area contributed by atoms with Gasteiger partial charge >= 0.3 is 0 Å². The summed E-state index contributed by atoms with van der Waals surface area (Å²) in [4.78, 5) is 14.5. The fraction of sp³-hybridized carbons (Fsp3) is 0.588. The van der Waals surface area contributed by atoms with Gasteiger partial charge in [0.1, 0.15) is 5.75 Å². The van der Waals surface area contributed by atoms with Crippen molar-refractivity contribution in [3.05, 3.63) is 29.8 Å². The predicted octanol–water partition coefficient (Wildman–Crippen LogP) is 2.46. The third-order valence-corrected chi connectivity index (χ3v) is 4.66. The van der Waals surface area contributed by atoms with E-state index in [1.807, 2.05) is 29.2 Å². The Labute approximate surface area is 125 Å². The van der Waals surface area contributed by atoms with E-state index >= 15 is 0 Å². The summed E-state index contributed by atoms with van der Waals surface area (Å²) in [5.41, 5.74) is 0.649. The molecule has 2 aliphatic rings. The second-order valence-electron chi connectivity index (χ2n) is 6.21. The minimum absolute atomic E-state index is 0.0214. The molecule has 1 N–H and O–H groups in total. The standard InChI is InChI=1S/C17H23NO3/c1-12(19)13-9-10-18(11-13)17(20)15-7-2-3-8-16(15)21-14-5-4-6-14/h2-3,7-8,12-14,19H,4-6,9-11H2,1H3. The van der Waals surface area contributed by atoms with E-state index in [9.17, 15) is 9.90 Å². The largest absolute Gasteiger partial charge is 0.490 e. The van der Waals surface area contributed by atoms with Gasteiger partial charge in [-0.05, 0) is 44.7 Å². The number of aliphatic hydroxyl groups is 1. The third kappa shape index (κ3) is 3.05. The Kier molecular flexibility index (Phi) is 4.15. The number of nitrogens with zero attached hydrogens (tertiary/aromatic N) is 1. The average Bonchev–Trinajstić information content (AvgIpc) is 2.92. The number of likely N-dealkylation sites (tertiary alicyclic amines) is 1. The van der Waals surface area contributed by atoms with Crippen molar-refractivity contribution in [2.24, 2.45) is 5.92 Å². The van der Waals surface area contributed by atoms with Crippen molar-refractivity contribution in [1.82, 2.24) is 4.90 Å². The van der Waals surface area contributed by atoms with Crippen LogP contribution < -0.4 is 4.74 Å². The zero-order valence-electron chi connectivity index (χ0n) is 12.5. The first kappa shape index (κ1) is 14.4. The van der Waals surface area contributed by atoms with Crippen LogP contribution in [0.1, 0.15) is 43.0 Å². The molecule has 1 amide bonds. The quantitative estimate of drug-likeness (QED) is 0.926. The van der Waals surface area contributed by atoms with Crippen molar-refractivity contribution in [2.45, 2.75) is 44.8 Å². The first-order chi connectivity index (χ1) is 10.1. The molecule has 2 atom stereocenters. The van der Waals surface area contributed by atoms with Crippen LogP contribution in [-0.4, -0.2) is 41.2 Å². The summed E-state index contributed by atoms with van der Waals surface area (Å²) in [5, 5.41) is 9.67. The van der Waals surface area contributed by atoms with Gasteiger partial charge < -0.3 is 14.7 Å². The van der Waals surface area contributed by atoms with Gasteiger partial charge in [0.05, 0.1) is 17.8 Å². The number of carbonyl (C=O) groups excluding carboxylic acids is 1. The number of aliphatic hydroxyl groups excluding tert-OH is 1. The zero-order valence-corrected chi connectivity index (χ0v) is 12.5. The molecule has 0 spiro atoms. The number of hydrogen-bond donors (Lipinski definition) is 1. The summed E-state index contributed by atoms with van der Waals surface area (Å²) in [7, 11) is 0. The maximum absolute atomic E-state index is 12.7. The number of para-hydroxylation sites is 1. The highest BCUT2D eigenvalue weighted by Gasteiger charge is 2.31. The van der Waals surface area contributed by atoms with Gasteiger partial charge in [0.25, 0.3) is 5.91 Å². The second kappa shape index (κ2) is 6.06. The van der Waals surface area contributed by atoms with Crippen LogP contribution in [0.4, 0.5) is 0 Å². The maximum atomic E-state index is 12.7. The van der Waals surface area contributed by atoms with Crippen LogP contribution >= 0.6 is 0 Å². The van der Waals surface area contributed by atoms with Gasteiger partial charge in [0.2, 0.25) is 0 Å². The van der Waals surface area contributed by atoms with E-state index in [1.54, 1.807) is 6.92 Å². The van der Waals surface area contributed by atoms with Crippen molar-refractivity contribution >= 4 is 5.91 Å². The smallest absolute Gasteiger partial charge is 0.257 e. The van der Waals surface area contributed by atoms with E-state index in [4.69, 9.17) is 4.74 Å². The Morgan fingerprint density at radius 2 is 2.10 bits per heavy atom. The van der Waals surface area contributed by atoms with E-state index in [1.165, 1.54) is 6.42 Å². The highest BCUT2D eigenvalue weighted by Crippen LogP contribution is 2.29. The van der Waals surface area contributed by atoms with E-state index in [0.717, 1.165) is 19.3 Å². The summed E-state index contributed by atoms with van der Waals surface area (Å²) in [6.07, 6.45) is 4.15. The molecule has 4 nitrogen and oxygen atoms in total. The number of hydrogen-bond acceptors (Lipinski definition) is 3. The highest BCUT2D eigenvalue weighted by atomic mass is 16.5. The number of rotatable bonds is 4. The van der Waals surface area contributed by atoms with E-state index in [0.29, 0.717) is 24.4 Å². The fourth-order valence-corrected chi connectivity index (χ4v) is 2.95. The topological polar surface area (TPSA) is 49.8 Å². The molecule has 0 bridgehead atoms. The summed E-state index contributed by atoms with van der Waals surface area (Å²) < 4.78 is 5.94. The van der Waals surface area contributed by atoms with Gasteiger partial charge in [-0.15, -0.1) is 0 Å². The molecule has 1 heterocycles. The first-order valence-electron chi connectivity index (χ1n) is 7.88. The third-order valence-electron chi connectivity index (χ3n) is 4.66. The molecule has 1 saturated carbocycles. The van der Waals surface area contributed by atoms with E-state index < -0.39 is 0 Å². The zero-order chi connectivity index (χ0) is 14.8. The Bertz CT molecular complexity index is 511. The average molecular weight is 289 g/mol. The molecule has 21 heavy (non-hydrogen) atoms. The summed E-state index contributed by atoms with van der Waals surface area (Å²) in [6.45, 7) is 3.15. The highest BCUT2D eigenvalue weighted by molar-refractivity contribution is 5.97. The first-order valence-corrected chi connectivity index (χ1v) is 7.88. The van der Waals surface area contributed by atoms with E-state index in [-0.39, 0.29) is 24.0 Å². The Hall–Kier alpha value is -1.55. The molecule has 1 aromatic carbocycles. The van der Waals surface area contributed by atoms with Crippen molar-refractivity contribution in [1.29, 1.82) is 0 Å². The van der Waals surface area contributed by atoms with Crippen LogP contribution in [0.3, 0.4) is 0 Å². The fourth-order valence-electron chi connectivity index (χ4n) is 2.95. The van der Waals surface area contributed by atoms with Crippen LogP contribution in [0.2, 0.25) is 0 Å². The van der Waals surface area contributed by atoms with Crippen LogP contribution in [-0.2, 0) is 0 Å². The van der Waals surface area contributed by atoms with Crippen LogP contribution in [0, 0.1) is 5.92 Å². The monoisotopic (exact) mass is 289 g/mol. The number of benzene rings is 1. The molecule has 2 fully saturated rings. The van der Waals surface area contributed by atoms with Gasteiger partial charge in [-0.3, -0.25) is 4.79 Å². The van der Waals surface area contributed by atoms with Crippen LogP contribution in [0.15, 0.2) is 24.3 Å². The van der Waals surface area contributed by atoms with Crippen molar-refractivity contribution < 1.29 is 14.6 Å². The Morgan fingerprint density at radius 3 is 2.71 bits per heavy atom. The second-order valence-corrected chi connectivity index (χ2v) is 6.21. The van der Waals surface area contributed by atoms with Gasteiger partial charge in [-0.2, -0.15) is 0 Å². The normalized spacial score (nSPS) is 23.7. The lowest BCUT2D eigenvalue weighted by molar-refractivity contribution is 0.0745. The maximum Gasteiger partial charge on any atom is 0.257 e. The molecule has 0 radical (unpaired) electrons. The lowest BCUT2D eigenvalue weighted by atomic mass is 9.96. The lowest BCUT2D eigenvalue weighted by Crippen LogP contribution is -2.31. The summed E-state index contributed by atoms with van der Waals surface area (Å²) in [6, 6.07) is 7.51. The van der Waals surface area contributed by atoms with Gasteiger partial charge in [0.15, 0.2) is 0 Å². The molecule has 114 valence electrons. The molecule has 1 aromatic rings. The number of carbonyl (C=O) groups is 1. The summed E-state index contributed by atoms with van der Waals surface area (Å²) >= 11 is 0. The van der Waals surface area contributed by atoms with Crippen molar-refractivity contribution in [2.75, 3.05) is 13.1 Å². The van der Waals surface area contributed by atoms with Crippen LogP contribution in [0.5, 0.6) is 5.75 Å². The molecule has 1 saturated heterocycles. The molecule has 4 heteroatoms.